The fraction of sp³-hybridized carbons (Fsp3) is 0.360. The minimum Gasteiger partial charge on any atom is -0.462 e. The molecule has 0 aliphatic carbocycles. The zero-order valence-electron chi connectivity index (χ0n) is 20.1. The number of nitrogens with zero attached hydrogens (tertiary/aromatic N) is 1. The van der Waals surface area contributed by atoms with Crippen molar-refractivity contribution < 1.29 is 28.3 Å². The molecular formula is C25H28N2O7. The van der Waals surface area contributed by atoms with E-state index in [1.165, 1.54) is 17.6 Å². The third-order valence-corrected chi connectivity index (χ3v) is 5.53. The maximum absolute atomic E-state index is 13.3. The number of hydrogen-bond donors (Lipinski definition) is 1. The molecule has 3 rings (SSSR count). The quantitative estimate of drug-likeness (QED) is 0.520. The van der Waals surface area contributed by atoms with Gasteiger partial charge in [0.15, 0.2) is 0 Å². The van der Waals surface area contributed by atoms with Gasteiger partial charge in [-0.25, -0.2) is 9.59 Å². The van der Waals surface area contributed by atoms with Gasteiger partial charge in [0.1, 0.15) is 22.9 Å². The Morgan fingerprint density at radius 2 is 1.62 bits per heavy atom. The van der Waals surface area contributed by atoms with E-state index in [1.54, 1.807) is 20.8 Å². The van der Waals surface area contributed by atoms with Crippen molar-refractivity contribution in [2.24, 2.45) is 0 Å². The van der Waals surface area contributed by atoms with Crippen molar-refractivity contribution in [1.29, 1.82) is 0 Å². The Kier molecular flexibility index (Phi) is 7.24. The summed E-state index contributed by atoms with van der Waals surface area (Å²) in [6, 6.07) is 6.16. The monoisotopic (exact) mass is 468 g/mol. The summed E-state index contributed by atoms with van der Waals surface area (Å²) in [7, 11) is 0. The molecule has 2 aromatic heterocycles. The molecule has 0 saturated carbocycles. The molecular weight excluding hydrogens is 440 g/mol. The summed E-state index contributed by atoms with van der Waals surface area (Å²) in [6.45, 7) is 10.2. The number of hydrogen-bond acceptors (Lipinski definition) is 7. The summed E-state index contributed by atoms with van der Waals surface area (Å²) in [5.74, 6) is -2.35. The lowest BCUT2D eigenvalue weighted by Gasteiger charge is -2.19. The van der Waals surface area contributed by atoms with E-state index in [4.69, 9.17) is 13.9 Å². The summed E-state index contributed by atoms with van der Waals surface area (Å²) in [6.07, 6.45) is 0. The topological polar surface area (TPSA) is 117 Å². The van der Waals surface area contributed by atoms with E-state index in [0.29, 0.717) is 5.52 Å². The Morgan fingerprint density at radius 1 is 1.00 bits per heavy atom. The number of amides is 1. The Hall–Kier alpha value is -3.88. The number of nitrogens with one attached hydrogen (secondary N) is 1. The van der Waals surface area contributed by atoms with Crippen LogP contribution in [0.15, 0.2) is 33.5 Å². The Balaban J connectivity index is 2.08. The zero-order valence-corrected chi connectivity index (χ0v) is 20.1. The zero-order chi connectivity index (χ0) is 25.2. The van der Waals surface area contributed by atoms with E-state index < -0.39 is 23.9 Å². The van der Waals surface area contributed by atoms with E-state index in [1.807, 2.05) is 32.0 Å². The molecule has 0 saturated heterocycles. The van der Waals surface area contributed by atoms with Crippen LogP contribution in [-0.2, 0) is 14.3 Å². The van der Waals surface area contributed by atoms with Crippen molar-refractivity contribution in [3.05, 3.63) is 62.6 Å². The second-order valence-electron chi connectivity index (χ2n) is 7.85. The van der Waals surface area contributed by atoms with E-state index in [0.717, 1.165) is 16.5 Å². The molecule has 1 aromatic carbocycles. The number of anilines is 1. The highest BCUT2D eigenvalue weighted by Crippen LogP contribution is 2.30. The first-order valence-corrected chi connectivity index (χ1v) is 11.0. The molecule has 1 atom stereocenters. The standard InChI is InChI=1S/C25H28N2O7/c1-7-32-24(30)19-16(6)34-23(20(19)25(31)33-8-2)26-22(29)15(5)27-18(28)12-14(4)17-11-9-10-13(3)21(17)27/h9-12,15H,7-8H2,1-6H3,(H,26,29). The average molecular weight is 469 g/mol. The van der Waals surface area contributed by atoms with Crippen LogP contribution in [0.3, 0.4) is 0 Å². The van der Waals surface area contributed by atoms with Gasteiger partial charge in [-0.1, -0.05) is 18.2 Å². The van der Waals surface area contributed by atoms with Gasteiger partial charge < -0.3 is 13.9 Å². The van der Waals surface area contributed by atoms with Gasteiger partial charge in [-0.15, -0.1) is 0 Å². The summed E-state index contributed by atoms with van der Waals surface area (Å²) in [5, 5.41) is 3.41. The SMILES string of the molecule is CCOC(=O)c1c(C)oc(NC(=O)C(C)n2c(=O)cc(C)c3cccc(C)c32)c1C(=O)OCC. The normalized spacial score (nSPS) is 11.8. The molecule has 0 spiro atoms. The molecule has 1 unspecified atom stereocenters. The summed E-state index contributed by atoms with van der Waals surface area (Å²) in [5.41, 5.74) is 1.60. The maximum atomic E-state index is 13.3. The minimum absolute atomic E-state index is 0.0547. The van der Waals surface area contributed by atoms with Crippen molar-refractivity contribution in [2.75, 3.05) is 18.5 Å². The second-order valence-corrected chi connectivity index (χ2v) is 7.85. The predicted octanol–water partition coefficient (Wildman–Crippen LogP) is 4.07. The molecule has 0 aliphatic heterocycles. The van der Waals surface area contributed by atoms with Crippen molar-refractivity contribution in [3.63, 3.8) is 0 Å². The van der Waals surface area contributed by atoms with Gasteiger partial charge in [-0.3, -0.25) is 19.5 Å². The van der Waals surface area contributed by atoms with Crippen LogP contribution in [0.1, 0.15) is 64.4 Å². The largest absolute Gasteiger partial charge is 0.462 e. The van der Waals surface area contributed by atoms with Crippen LogP contribution in [0.5, 0.6) is 0 Å². The summed E-state index contributed by atoms with van der Waals surface area (Å²) >= 11 is 0. The highest BCUT2D eigenvalue weighted by Gasteiger charge is 2.32. The molecule has 1 N–H and O–H groups in total. The molecule has 1 amide bonds. The number of furan rings is 1. The number of pyridine rings is 1. The lowest BCUT2D eigenvalue weighted by atomic mass is 10.1. The summed E-state index contributed by atoms with van der Waals surface area (Å²) in [4.78, 5) is 51.3. The van der Waals surface area contributed by atoms with Gasteiger partial charge >= 0.3 is 11.9 Å². The molecule has 9 nitrogen and oxygen atoms in total. The molecule has 34 heavy (non-hydrogen) atoms. The van der Waals surface area contributed by atoms with Crippen molar-refractivity contribution in [1.82, 2.24) is 4.57 Å². The van der Waals surface area contributed by atoms with Gasteiger partial charge in [-0.2, -0.15) is 0 Å². The first-order chi connectivity index (χ1) is 16.1. The van der Waals surface area contributed by atoms with Crippen LogP contribution in [0, 0.1) is 20.8 Å². The van der Waals surface area contributed by atoms with E-state index in [2.05, 4.69) is 5.32 Å². The minimum atomic E-state index is -0.955. The van der Waals surface area contributed by atoms with Crippen LogP contribution in [-0.4, -0.2) is 35.6 Å². The Bertz CT molecular complexity index is 1330. The molecule has 0 fully saturated rings. The van der Waals surface area contributed by atoms with Crippen LogP contribution in [0.4, 0.5) is 5.88 Å². The lowest BCUT2D eigenvalue weighted by molar-refractivity contribution is -0.118. The van der Waals surface area contributed by atoms with Crippen LogP contribution in [0.25, 0.3) is 10.9 Å². The molecule has 180 valence electrons. The third-order valence-electron chi connectivity index (χ3n) is 5.53. The van der Waals surface area contributed by atoms with Gasteiger partial charge in [0.05, 0.1) is 18.7 Å². The van der Waals surface area contributed by atoms with Gasteiger partial charge in [0.2, 0.25) is 11.8 Å². The second kappa shape index (κ2) is 9.94. The average Bonchev–Trinajstić information content (AvgIpc) is 3.10. The smallest absolute Gasteiger partial charge is 0.344 e. The molecule has 0 radical (unpaired) electrons. The number of aromatic nitrogens is 1. The number of ether oxygens (including phenoxy) is 2. The van der Waals surface area contributed by atoms with E-state index in [9.17, 15) is 19.2 Å². The molecule has 3 aromatic rings. The Morgan fingerprint density at radius 3 is 2.24 bits per heavy atom. The number of esters is 2. The number of carbonyl (C=O) groups excluding carboxylic acids is 3. The predicted molar refractivity (Wildman–Crippen MR) is 126 cm³/mol. The van der Waals surface area contributed by atoms with Crippen molar-refractivity contribution in [2.45, 2.75) is 47.6 Å². The number of fused-ring (bicyclic) bond motifs is 1. The molecule has 0 bridgehead atoms. The Labute approximate surface area is 196 Å². The molecule has 2 heterocycles. The van der Waals surface area contributed by atoms with Gasteiger partial charge in [0.25, 0.3) is 5.56 Å². The van der Waals surface area contributed by atoms with Gasteiger partial charge in [-0.05, 0) is 52.7 Å². The highest BCUT2D eigenvalue weighted by atomic mass is 16.5. The van der Waals surface area contributed by atoms with Gasteiger partial charge in [0, 0.05) is 11.5 Å². The van der Waals surface area contributed by atoms with Crippen LogP contribution >= 0.6 is 0 Å². The van der Waals surface area contributed by atoms with Crippen molar-refractivity contribution >= 4 is 34.6 Å². The molecule has 9 heteroatoms. The summed E-state index contributed by atoms with van der Waals surface area (Å²) < 4.78 is 17.1. The van der Waals surface area contributed by atoms with Crippen LogP contribution < -0.4 is 10.9 Å². The third kappa shape index (κ3) is 4.46. The first kappa shape index (κ1) is 24.8. The number of carbonyl (C=O) groups is 3. The number of para-hydroxylation sites is 1. The van der Waals surface area contributed by atoms with Crippen LogP contribution in [0.2, 0.25) is 0 Å². The van der Waals surface area contributed by atoms with E-state index >= 15 is 0 Å². The number of benzene rings is 1. The first-order valence-electron chi connectivity index (χ1n) is 11.0. The maximum Gasteiger partial charge on any atom is 0.344 e. The number of aryl methyl sites for hydroxylation is 3. The molecule has 0 aliphatic rings. The van der Waals surface area contributed by atoms with Crippen molar-refractivity contribution in [3.8, 4) is 0 Å². The number of rotatable bonds is 7. The lowest BCUT2D eigenvalue weighted by Crippen LogP contribution is -2.32. The van der Waals surface area contributed by atoms with E-state index in [-0.39, 0.29) is 41.5 Å². The fourth-order valence-corrected chi connectivity index (χ4v) is 3.94. The fourth-order valence-electron chi connectivity index (χ4n) is 3.94. The highest BCUT2D eigenvalue weighted by molar-refractivity contribution is 6.09.